The Morgan fingerprint density at radius 1 is 1.56 bits per heavy atom. The number of hydrogen-bond acceptors (Lipinski definition) is 1. The van der Waals surface area contributed by atoms with E-state index < -0.39 is 0 Å². The summed E-state index contributed by atoms with van der Waals surface area (Å²) in [7, 11) is 0. The van der Waals surface area contributed by atoms with Crippen molar-refractivity contribution in [3.05, 3.63) is 23.0 Å². The molecule has 0 radical (unpaired) electrons. The highest BCUT2D eigenvalue weighted by atomic mass is 14.7. The average Bonchev–Trinajstić information content (AvgIpc) is 2.10. The Labute approximate surface area is 54.1 Å². The lowest BCUT2D eigenvalue weighted by Gasteiger charge is -1.80. The summed E-state index contributed by atoms with van der Waals surface area (Å²) < 4.78 is 0. The normalized spacial score (nSPS) is 9.00. The molecule has 46 valence electrons. The molecule has 0 aliphatic rings. The Hall–Kier alpha value is -1.23. The molecule has 0 amide bonds. The number of aryl methyl sites for hydroxylation is 2. The standard InChI is InChI=1S/C7H8N2/c1-5-3-7(4-8)6(2)9-5/h3,9H,1-2H3. The SMILES string of the molecule is Cc1cc(C#N)c(C)[nH]1. The van der Waals surface area contributed by atoms with Crippen molar-refractivity contribution in [2.75, 3.05) is 0 Å². The molecule has 0 fully saturated rings. The second-order valence-corrected chi connectivity index (χ2v) is 2.10. The third kappa shape index (κ3) is 0.945. The summed E-state index contributed by atoms with van der Waals surface area (Å²) in [6.45, 7) is 3.83. The Kier molecular flexibility index (Phi) is 1.27. The van der Waals surface area contributed by atoms with Crippen LogP contribution in [0.1, 0.15) is 17.0 Å². The molecule has 0 saturated carbocycles. The van der Waals surface area contributed by atoms with Gasteiger partial charge in [-0.2, -0.15) is 5.26 Å². The van der Waals surface area contributed by atoms with Crippen molar-refractivity contribution < 1.29 is 0 Å². The lowest BCUT2D eigenvalue weighted by atomic mass is 10.3. The van der Waals surface area contributed by atoms with Gasteiger partial charge in [0.25, 0.3) is 0 Å². The van der Waals surface area contributed by atoms with E-state index in [9.17, 15) is 0 Å². The second kappa shape index (κ2) is 1.94. The molecule has 0 saturated heterocycles. The molecule has 1 aromatic rings. The van der Waals surface area contributed by atoms with Gasteiger partial charge in [-0.15, -0.1) is 0 Å². The maximum Gasteiger partial charge on any atom is 0.101 e. The molecular weight excluding hydrogens is 112 g/mol. The van der Waals surface area contributed by atoms with E-state index in [1.165, 1.54) is 0 Å². The number of rotatable bonds is 0. The average molecular weight is 120 g/mol. The molecule has 0 unspecified atom stereocenters. The molecule has 1 rings (SSSR count). The first-order valence-electron chi connectivity index (χ1n) is 2.80. The minimum absolute atomic E-state index is 0.743. The zero-order valence-corrected chi connectivity index (χ0v) is 5.52. The molecule has 1 N–H and O–H groups in total. The van der Waals surface area contributed by atoms with Gasteiger partial charge in [-0.25, -0.2) is 0 Å². The maximum absolute atomic E-state index is 8.46. The van der Waals surface area contributed by atoms with E-state index in [0.29, 0.717) is 0 Å². The Bertz CT molecular complexity index is 252. The van der Waals surface area contributed by atoms with Crippen LogP contribution in [-0.2, 0) is 0 Å². The maximum atomic E-state index is 8.46. The first-order valence-corrected chi connectivity index (χ1v) is 2.80. The van der Waals surface area contributed by atoms with Crippen molar-refractivity contribution in [1.82, 2.24) is 4.98 Å². The van der Waals surface area contributed by atoms with E-state index in [1.54, 1.807) is 0 Å². The van der Waals surface area contributed by atoms with Crippen LogP contribution in [0.4, 0.5) is 0 Å². The number of nitrogens with zero attached hydrogens (tertiary/aromatic N) is 1. The van der Waals surface area contributed by atoms with Crippen LogP contribution in [0, 0.1) is 25.2 Å². The van der Waals surface area contributed by atoms with E-state index in [4.69, 9.17) is 5.26 Å². The van der Waals surface area contributed by atoms with Gasteiger partial charge in [0.2, 0.25) is 0 Å². The predicted molar refractivity (Wildman–Crippen MR) is 35.0 cm³/mol. The number of aromatic nitrogens is 1. The first kappa shape index (κ1) is 5.90. The van der Waals surface area contributed by atoms with E-state index in [-0.39, 0.29) is 0 Å². The van der Waals surface area contributed by atoms with Gasteiger partial charge in [-0.1, -0.05) is 0 Å². The molecule has 2 heteroatoms. The van der Waals surface area contributed by atoms with Crippen LogP contribution in [-0.4, -0.2) is 4.98 Å². The van der Waals surface area contributed by atoms with Gasteiger partial charge >= 0.3 is 0 Å². The van der Waals surface area contributed by atoms with Crippen molar-refractivity contribution in [3.8, 4) is 6.07 Å². The van der Waals surface area contributed by atoms with Gasteiger partial charge in [0.1, 0.15) is 6.07 Å². The third-order valence-corrected chi connectivity index (χ3v) is 1.27. The number of nitriles is 1. The van der Waals surface area contributed by atoms with Crippen molar-refractivity contribution >= 4 is 0 Å². The van der Waals surface area contributed by atoms with Crippen LogP contribution >= 0.6 is 0 Å². The fourth-order valence-corrected chi connectivity index (χ4v) is 0.840. The number of aromatic amines is 1. The molecule has 1 aromatic heterocycles. The Morgan fingerprint density at radius 2 is 2.22 bits per heavy atom. The fourth-order valence-electron chi connectivity index (χ4n) is 0.840. The van der Waals surface area contributed by atoms with Crippen LogP contribution < -0.4 is 0 Å². The Morgan fingerprint density at radius 3 is 2.44 bits per heavy atom. The summed E-state index contributed by atoms with van der Waals surface area (Å²) >= 11 is 0. The lowest BCUT2D eigenvalue weighted by Crippen LogP contribution is -1.73. The third-order valence-electron chi connectivity index (χ3n) is 1.27. The number of hydrogen-bond donors (Lipinski definition) is 1. The molecule has 0 atom stereocenters. The van der Waals surface area contributed by atoms with Gasteiger partial charge < -0.3 is 4.98 Å². The molecule has 0 aliphatic heterocycles. The molecule has 2 nitrogen and oxygen atoms in total. The minimum atomic E-state index is 0.743. The van der Waals surface area contributed by atoms with E-state index in [0.717, 1.165) is 17.0 Å². The summed E-state index contributed by atoms with van der Waals surface area (Å²) in [5, 5.41) is 8.46. The van der Waals surface area contributed by atoms with Gasteiger partial charge in [0.05, 0.1) is 5.56 Å². The van der Waals surface area contributed by atoms with Gasteiger partial charge in [0, 0.05) is 11.4 Å². The van der Waals surface area contributed by atoms with Gasteiger partial charge in [-0.3, -0.25) is 0 Å². The van der Waals surface area contributed by atoms with Crippen molar-refractivity contribution in [2.24, 2.45) is 0 Å². The Balaban J connectivity index is 3.20. The van der Waals surface area contributed by atoms with Gasteiger partial charge in [-0.05, 0) is 19.9 Å². The number of H-pyrrole nitrogens is 1. The van der Waals surface area contributed by atoms with E-state index in [1.807, 2.05) is 19.9 Å². The second-order valence-electron chi connectivity index (χ2n) is 2.10. The van der Waals surface area contributed by atoms with E-state index >= 15 is 0 Å². The monoisotopic (exact) mass is 120 g/mol. The van der Waals surface area contributed by atoms with Crippen LogP contribution in [0.3, 0.4) is 0 Å². The van der Waals surface area contributed by atoms with Gasteiger partial charge in [0.15, 0.2) is 0 Å². The summed E-state index contributed by atoms with van der Waals surface area (Å²) in [4.78, 5) is 3.04. The lowest BCUT2D eigenvalue weighted by molar-refractivity contribution is 1.18. The summed E-state index contributed by atoms with van der Waals surface area (Å²) in [5.41, 5.74) is 2.74. The molecular formula is C7H8N2. The molecule has 0 aromatic carbocycles. The molecule has 0 aliphatic carbocycles. The zero-order valence-electron chi connectivity index (χ0n) is 5.52. The van der Waals surface area contributed by atoms with Crippen LogP contribution in [0.2, 0.25) is 0 Å². The van der Waals surface area contributed by atoms with E-state index in [2.05, 4.69) is 11.1 Å². The smallest absolute Gasteiger partial charge is 0.101 e. The first-order chi connectivity index (χ1) is 4.24. The van der Waals surface area contributed by atoms with Crippen molar-refractivity contribution in [2.45, 2.75) is 13.8 Å². The number of nitrogens with one attached hydrogen (secondary N) is 1. The van der Waals surface area contributed by atoms with Crippen molar-refractivity contribution in [1.29, 1.82) is 5.26 Å². The molecule has 0 spiro atoms. The zero-order chi connectivity index (χ0) is 6.85. The van der Waals surface area contributed by atoms with Crippen molar-refractivity contribution in [3.63, 3.8) is 0 Å². The largest absolute Gasteiger partial charge is 0.362 e. The molecule has 1 heterocycles. The summed E-state index contributed by atoms with van der Waals surface area (Å²) in [6, 6.07) is 3.93. The fraction of sp³-hybridized carbons (Fsp3) is 0.286. The molecule has 0 bridgehead atoms. The highest BCUT2D eigenvalue weighted by Gasteiger charge is 1.97. The topological polar surface area (TPSA) is 39.6 Å². The highest BCUT2D eigenvalue weighted by molar-refractivity contribution is 5.35. The summed E-state index contributed by atoms with van der Waals surface area (Å²) in [5.74, 6) is 0. The quantitative estimate of drug-likeness (QED) is 0.553. The minimum Gasteiger partial charge on any atom is -0.362 e. The van der Waals surface area contributed by atoms with Crippen LogP contribution in [0.5, 0.6) is 0 Å². The highest BCUT2D eigenvalue weighted by Crippen LogP contribution is 2.06. The predicted octanol–water partition coefficient (Wildman–Crippen LogP) is 1.50. The van der Waals surface area contributed by atoms with Crippen LogP contribution in [0.15, 0.2) is 6.07 Å². The van der Waals surface area contributed by atoms with Crippen LogP contribution in [0.25, 0.3) is 0 Å². The summed E-state index contributed by atoms with van der Waals surface area (Å²) in [6.07, 6.45) is 0. The molecule has 9 heavy (non-hydrogen) atoms.